The number of non-ortho nitro benzene ring substituents is 1. The number of H-pyrrole nitrogens is 1. The van der Waals surface area contributed by atoms with Crippen LogP contribution in [0.3, 0.4) is 0 Å². The average Bonchev–Trinajstić information content (AvgIpc) is 2.21. The van der Waals surface area contributed by atoms with Crippen molar-refractivity contribution in [2.75, 3.05) is 171 Å². The summed E-state index contributed by atoms with van der Waals surface area (Å²) >= 11 is 0. The number of nitro benzene ring substituents is 2. The summed E-state index contributed by atoms with van der Waals surface area (Å²) in [5.74, 6) is -0.489. The molecule has 88 heavy (non-hydrogen) atoms. The molecule has 3 N–H and O–H groups in total. The number of amides is 3. The molecule has 0 radical (unpaired) electrons. The van der Waals surface area contributed by atoms with Gasteiger partial charge in [0, 0.05) is 56.1 Å². The number of rotatable bonds is 44. The first-order valence-corrected chi connectivity index (χ1v) is 28.6. The Hall–Kier alpha value is -8.30. The van der Waals surface area contributed by atoms with Crippen LogP contribution < -0.4 is 15.4 Å². The van der Waals surface area contributed by atoms with Gasteiger partial charge in [-0.2, -0.15) is 0 Å². The molecule has 30 heteroatoms. The molecule has 1 aliphatic heterocycles. The summed E-state index contributed by atoms with van der Waals surface area (Å²) in [4.78, 5) is 79.6. The highest BCUT2D eigenvalue weighted by Crippen LogP contribution is 2.37. The maximum absolute atomic E-state index is 13.7. The third kappa shape index (κ3) is 21.8. The average molecular weight is 1230 g/mol. The number of furan rings is 1. The second-order valence-electron chi connectivity index (χ2n) is 19.2. The zero-order valence-electron chi connectivity index (χ0n) is 49.0. The molecule has 1 aliphatic rings. The third-order valence-corrected chi connectivity index (χ3v) is 13.2. The second kappa shape index (κ2) is 37.4. The van der Waals surface area contributed by atoms with Crippen LogP contribution in [0.25, 0.3) is 22.2 Å². The number of carbonyl (C=O) groups is 4. The normalized spacial score (nSPS) is 12.4. The lowest BCUT2D eigenvalue weighted by molar-refractivity contribution is -0.393. The van der Waals surface area contributed by atoms with Gasteiger partial charge in [0.2, 0.25) is 5.91 Å². The first-order chi connectivity index (χ1) is 43.0. The number of nitrogens with one attached hydrogen (secondary N) is 3. The van der Waals surface area contributed by atoms with Crippen LogP contribution in [0.4, 0.5) is 17.1 Å². The van der Waals surface area contributed by atoms with Crippen molar-refractivity contribution in [2.45, 2.75) is 19.7 Å². The maximum atomic E-state index is 13.7. The number of ether oxygens (including phenoxy) is 11. The highest BCUT2D eigenvalue weighted by atomic mass is 16.6. The fourth-order valence-electron chi connectivity index (χ4n) is 8.73. The summed E-state index contributed by atoms with van der Waals surface area (Å²) in [6, 6.07) is 19.3. The monoisotopic (exact) mass is 1230 g/mol. The number of piperazine rings is 1. The Balaban J connectivity index is 0.613. The minimum atomic E-state index is -0.701. The number of nitro groups is 2. The smallest absolute Gasteiger partial charge is 0.299 e. The first kappa shape index (κ1) is 67.2. The molecule has 7 rings (SSSR count). The van der Waals surface area contributed by atoms with Crippen molar-refractivity contribution in [1.29, 1.82) is 0 Å². The minimum absolute atomic E-state index is 0.104. The quantitative estimate of drug-likeness (QED) is 0.0159. The molecule has 0 aliphatic carbocycles. The van der Waals surface area contributed by atoms with E-state index < -0.39 is 21.5 Å². The molecule has 1 saturated heterocycles. The Morgan fingerprint density at radius 1 is 0.659 bits per heavy atom. The number of Topliss-reactive ketones (excluding diaryl/α,β-unsaturated/α-hetero) is 1. The predicted molar refractivity (Wildman–Crippen MR) is 313 cm³/mol. The Labute approximate surface area is 506 Å². The third-order valence-electron chi connectivity index (χ3n) is 13.2. The number of benzene rings is 3. The molecule has 3 amide bonds. The number of fused-ring (bicyclic) bond motifs is 1. The predicted octanol–water partition coefficient (Wildman–Crippen LogP) is 4.11. The second-order valence-corrected chi connectivity index (χ2v) is 19.2. The fourth-order valence-corrected chi connectivity index (χ4v) is 8.73. The van der Waals surface area contributed by atoms with Gasteiger partial charge in [0.1, 0.15) is 35.3 Å². The molecule has 4 heterocycles. The molecule has 0 spiro atoms. The van der Waals surface area contributed by atoms with E-state index in [1.54, 1.807) is 64.3 Å². The van der Waals surface area contributed by atoms with Crippen LogP contribution in [-0.2, 0) is 76.7 Å². The molecule has 3 aromatic heterocycles. The fraction of sp³-hybridized carbons (Fsp3) is 0.483. The number of nitrogens with zero attached hydrogens (tertiary/aromatic N) is 7. The molecule has 30 nitrogen and oxygen atoms in total. The van der Waals surface area contributed by atoms with E-state index in [1.165, 1.54) is 30.3 Å². The molecule has 0 atom stereocenters. The summed E-state index contributed by atoms with van der Waals surface area (Å²) in [7, 11) is 1.48. The number of carbonyl (C=O) groups excluding carboxylic acids is 4. The maximum Gasteiger partial charge on any atom is 0.299 e. The Morgan fingerprint density at radius 2 is 1.25 bits per heavy atom. The van der Waals surface area contributed by atoms with Crippen molar-refractivity contribution in [3.8, 4) is 17.1 Å². The molecule has 476 valence electrons. The van der Waals surface area contributed by atoms with E-state index in [2.05, 4.69) is 25.9 Å². The number of anilines is 1. The van der Waals surface area contributed by atoms with Gasteiger partial charge in [0.25, 0.3) is 29.0 Å². The zero-order valence-corrected chi connectivity index (χ0v) is 49.0. The zero-order chi connectivity index (χ0) is 62.1. The molecule has 0 bridgehead atoms. The van der Waals surface area contributed by atoms with Gasteiger partial charge >= 0.3 is 0 Å². The van der Waals surface area contributed by atoms with Crippen molar-refractivity contribution in [1.82, 2.24) is 35.1 Å². The van der Waals surface area contributed by atoms with Gasteiger partial charge in [-0.1, -0.05) is 23.4 Å². The molecule has 3 aromatic carbocycles. The van der Waals surface area contributed by atoms with E-state index in [4.69, 9.17) is 56.5 Å². The van der Waals surface area contributed by atoms with Crippen LogP contribution in [0.5, 0.6) is 5.75 Å². The highest BCUT2D eigenvalue weighted by Gasteiger charge is 2.32. The molecular formula is C58H74N10O20. The van der Waals surface area contributed by atoms with Crippen molar-refractivity contribution in [3.63, 3.8) is 0 Å². The van der Waals surface area contributed by atoms with Crippen LogP contribution in [0.1, 0.15) is 32.2 Å². The summed E-state index contributed by atoms with van der Waals surface area (Å²) in [5.41, 5.74) is 1.98. The Morgan fingerprint density at radius 3 is 1.86 bits per heavy atom. The Bertz CT molecular complexity index is 3130. The minimum Gasteiger partial charge on any atom is -0.496 e. The van der Waals surface area contributed by atoms with Gasteiger partial charge in [0.05, 0.1) is 184 Å². The summed E-state index contributed by atoms with van der Waals surface area (Å²) in [6.45, 7) is 8.46. The van der Waals surface area contributed by atoms with E-state index in [0.29, 0.717) is 164 Å². The molecule has 0 unspecified atom stereocenters. The summed E-state index contributed by atoms with van der Waals surface area (Å²) < 4.78 is 68.7. The van der Waals surface area contributed by atoms with Crippen molar-refractivity contribution >= 4 is 51.5 Å². The lowest BCUT2D eigenvalue weighted by Crippen LogP contribution is -2.52. The lowest BCUT2D eigenvalue weighted by Gasteiger charge is -2.34. The van der Waals surface area contributed by atoms with E-state index in [9.17, 15) is 39.4 Å². The largest absolute Gasteiger partial charge is 0.496 e. The summed E-state index contributed by atoms with van der Waals surface area (Å²) in [5, 5.41) is 36.4. The van der Waals surface area contributed by atoms with E-state index >= 15 is 0 Å². The molecule has 1 fully saturated rings. The number of ketones is 1. The number of hydrogen-bond acceptors (Lipinski definition) is 23. The molecule has 0 saturated carbocycles. The standard InChI is InChI=1S/C58H74N10O20/c1-77-52-12-9-47(55-54(52)48(39-61-55)56(70)58(72)65-16-14-64(15-17-65)57(71)43-5-3-2-4-6-43)51-11-8-46(88-51)38-60-53(69)42-87-36-34-85-32-30-83-28-27-82-26-25-81-24-22-79-20-18-66-40-44(62-63-66)41-86-35-33-84-31-29-80-23-21-78-19-13-59-49-10-7-45(67(73)74)37-50(49)68(75)76/h2-12,37,39-40,59,61H,13-36,38,41-42H2,1H3,(H,60,69). The van der Waals surface area contributed by atoms with Gasteiger partial charge < -0.3 is 81.9 Å². The van der Waals surface area contributed by atoms with Crippen LogP contribution in [0.15, 0.2) is 89.6 Å². The van der Waals surface area contributed by atoms with Crippen molar-refractivity contribution in [3.05, 3.63) is 128 Å². The lowest BCUT2D eigenvalue weighted by atomic mass is 10.0. The van der Waals surface area contributed by atoms with Crippen molar-refractivity contribution < 1.29 is 85.5 Å². The topological polar surface area (TPSA) is 346 Å². The van der Waals surface area contributed by atoms with Gasteiger partial charge in [-0.3, -0.25) is 39.4 Å². The van der Waals surface area contributed by atoms with Crippen LogP contribution in [0, 0.1) is 20.2 Å². The SMILES string of the molecule is COc1ccc(-c2ccc(CNC(=O)COCCOCCOCCOCCOCCOCCn3cc(COCCOCCOCCOCCNc4ccc([N+](=O)[O-])cc4[N+](=O)[O-])nn3)o2)c2[nH]cc(C(=O)C(=O)N3CCN(C(=O)c4ccccc4)CC3)c12. The van der Waals surface area contributed by atoms with E-state index in [1.807, 2.05) is 6.07 Å². The molecule has 6 aromatic rings. The molecular weight excluding hydrogens is 1160 g/mol. The first-order valence-electron chi connectivity index (χ1n) is 28.6. The van der Waals surface area contributed by atoms with Gasteiger partial charge in [-0.25, -0.2) is 4.68 Å². The number of hydrogen-bond donors (Lipinski definition) is 3. The number of aromatic nitrogens is 4. The number of methoxy groups -OCH3 is 1. The summed E-state index contributed by atoms with van der Waals surface area (Å²) in [6.07, 6.45) is 3.28. The van der Waals surface area contributed by atoms with Crippen LogP contribution in [0.2, 0.25) is 0 Å². The van der Waals surface area contributed by atoms with Gasteiger partial charge in [0.15, 0.2) is 0 Å². The van der Waals surface area contributed by atoms with Crippen LogP contribution >= 0.6 is 0 Å². The number of aromatic amines is 1. The van der Waals surface area contributed by atoms with Crippen molar-refractivity contribution in [2.24, 2.45) is 0 Å². The van der Waals surface area contributed by atoms with Gasteiger partial charge in [-0.05, 0) is 42.5 Å². The highest BCUT2D eigenvalue weighted by molar-refractivity contribution is 6.45. The van der Waals surface area contributed by atoms with E-state index in [0.717, 1.165) is 6.07 Å². The van der Waals surface area contributed by atoms with E-state index in [-0.39, 0.29) is 93.7 Å². The van der Waals surface area contributed by atoms with Gasteiger partial charge in [-0.15, -0.1) is 5.10 Å². The van der Waals surface area contributed by atoms with Crippen LogP contribution in [-0.4, -0.2) is 228 Å². The Kier molecular flexibility index (Phi) is 28.6.